The molecule has 1 atom stereocenters. The molecule has 2 rings (SSSR count). The maximum absolute atomic E-state index is 10.9. The first-order valence-corrected chi connectivity index (χ1v) is 7.82. The van der Waals surface area contributed by atoms with E-state index in [9.17, 15) is 4.79 Å². The molecule has 1 aliphatic carbocycles. The number of benzene rings is 1. The first-order valence-electron chi connectivity index (χ1n) is 7.82. The summed E-state index contributed by atoms with van der Waals surface area (Å²) >= 11 is 0. The molecule has 3 heteroatoms. The van der Waals surface area contributed by atoms with E-state index in [0.717, 1.165) is 5.56 Å². The molecule has 0 aromatic heterocycles. The third kappa shape index (κ3) is 3.29. The van der Waals surface area contributed by atoms with Gasteiger partial charge >= 0.3 is 0 Å². The van der Waals surface area contributed by atoms with Gasteiger partial charge in [-0.25, -0.2) is 0 Å². The number of primary amides is 1. The van der Waals surface area contributed by atoms with Crippen molar-refractivity contribution in [3.63, 3.8) is 0 Å². The van der Waals surface area contributed by atoms with Crippen LogP contribution in [0.1, 0.15) is 76.1 Å². The number of nitrogens with two attached hydrogens (primary N) is 2. The van der Waals surface area contributed by atoms with Crippen LogP contribution >= 0.6 is 0 Å². The largest absolute Gasteiger partial charge is 0.370 e. The van der Waals surface area contributed by atoms with Crippen LogP contribution in [-0.4, -0.2) is 5.91 Å². The van der Waals surface area contributed by atoms with Gasteiger partial charge in [-0.15, -0.1) is 0 Å². The predicted molar refractivity (Wildman–Crippen MR) is 87.1 cm³/mol. The topological polar surface area (TPSA) is 69.1 Å². The second-order valence-electron chi connectivity index (χ2n) is 7.68. The molecule has 1 aliphatic rings. The third-order valence-corrected chi connectivity index (χ3v) is 5.01. The van der Waals surface area contributed by atoms with E-state index in [1.54, 1.807) is 0 Å². The molecule has 1 aromatic carbocycles. The third-order valence-electron chi connectivity index (χ3n) is 5.01. The van der Waals surface area contributed by atoms with E-state index in [-0.39, 0.29) is 22.8 Å². The van der Waals surface area contributed by atoms with Crippen LogP contribution in [0.3, 0.4) is 0 Å². The monoisotopic (exact) mass is 288 g/mol. The predicted octanol–water partition coefficient (Wildman–Crippen LogP) is 3.30. The van der Waals surface area contributed by atoms with Crippen molar-refractivity contribution < 1.29 is 4.79 Å². The van der Waals surface area contributed by atoms with Gasteiger partial charge in [-0.3, -0.25) is 4.79 Å². The highest BCUT2D eigenvalue weighted by atomic mass is 16.1. The lowest BCUT2D eigenvalue weighted by molar-refractivity contribution is -0.118. The van der Waals surface area contributed by atoms with Gasteiger partial charge < -0.3 is 11.5 Å². The Kier molecular flexibility index (Phi) is 4.16. The lowest BCUT2D eigenvalue weighted by atomic mass is 9.63. The number of carbonyl (C=O) groups excluding carboxylic acids is 1. The van der Waals surface area contributed by atoms with Crippen molar-refractivity contribution >= 4 is 5.91 Å². The molecule has 0 heterocycles. The lowest BCUT2D eigenvalue weighted by Gasteiger charge is -2.42. The Bertz CT molecular complexity index is 546. The van der Waals surface area contributed by atoms with Gasteiger partial charge in [-0.05, 0) is 46.8 Å². The Hall–Kier alpha value is -1.35. The number of hydrogen-bond donors (Lipinski definition) is 2. The van der Waals surface area contributed by atoms with E-state index in [0.29, 0.717) is 12.8 Å². The Labute approximate surface area is 128 Å². The zero-order chi connectivity index (χ0) is 15.8. The molecular formula is C18H28N2O. The molecule has 1 aromatic rings. The molecule has 0 spiro atoms. The molecule has 0 fully saturated rings. The number of hydrogen-bond acceptors (Lipinski definition) is 2. The van der Waals surface area contributed by atoms with Gasteiger partial charge in [0.05, 0.1) is 0 Å². The van der Waals surface area contributed by atoms with Crippen LogP contribution in [0.2, 0.25) is 0 Å². The average molecular weight is 288 g/mol. The summed E-state index contributed by atoms with van der Waals surface area (Å²) in [6.07, 6.45) is 3.35. The molecule has 0 aliphatic heterocycles. The van der Waals surface area contributed by atoms with Crippen LogP contribution in [0.4, 0.5) is 0 Å². The summed E-state index contributed by atoms with van der Waals surface area (Å²) in [5, 5.41) is 0. The first kappa shape index (κ1) is 16.0. The van der Waals surface area contributed by atoms with Crippen molar-refractivity contribution in [2.75, 3.05) is 0 Å². The summed E-state index contributed by atoms with van der Waals surface area (Å²) in [6, 6.07) is 6.48. The molecule has 3 nitrogen and oxygen atoms in total. The highest BCUT2D eigenvalue weighted by molar-refractivity contribution is 5.73. The minimum absolute atomic E-state index is 0.122. The standard InChI is InChI=1S/C18H28N2O/c1-17(2)9-10-18(3,4)14-11-12(5-6-13(14)17)15(19)7-8-16(20)21/h5-6,11,15H,7-10,19H2,1-4H3,(H2,20,21). The summed E-state index contributed by atoms with van der Waals surface area (Å²) in [4.78, 5) is 10.9. The molecular weight excluding hydrogens is 260 g/mol. The summed E-state index contributed by atoms with van der Waals surface area (Å²) in [7, 11) is 0. The summed E-state index contributed by atoms with van der Waals surface area (Å²) < 4.78 is 0. The van der Waals surface area contributed by atoms with Crippen LogP contribution in [0, 0.1) is 0 Å². The van der Waals surface area contributed by atoms with E-state index >= 15 is 0 Å². The molecule has 1 unspecified atom stereocenters. The van der Waals surface area contributed by atoms with Gasteiger partial charge in [0, 0.05) is 12.5 Å². The van der Waals surface area contributed by atoms with E-state index in [1.165, 1.54) is 24.0 Å². The second kappa shape index (κ2) is 5.45. The van der Waals surface area contributed by atoms with Gasteiger partial charge in [-0.1, -0.05) is 45.9 Å². The van der Waals surface area contributed by atoms with Crippen molar-refractivity contribution in [2.24, 2.45) is 11.5 Å². The lowest BCUT2D eigenvalue weighted by Crippen LogP contribution is -2.34. The average Bonchev–Trinajstić information content (AvgIpc) is 2.41. The van der Waals surface area contributed by atoms with Crippen LogP contribution in [0.5, 0.6) is 0 Å². The van der Waals surface area contributed by atoms with Crippen molar-refractivity contribution in [3.8, 4) is 0 Å². The molecule has 0 radical (unpaired) electrons. The Balaban J connectivity index is 2.35. The number of rotatable bonds is 4. The zero-order valence-corrected chi connectivity index (χ0v) is 13.7. The van der Waals surface area contributed by atoms with Gasteiger partial charge in [0.2, 0.25) is 5.91 Å². The van der Waals surface area contributed by atoms with Crippen LogP contribution in [0.15, 0.2) is 18.2 Å². The van der Waals surface area contributed by atoms with Crippen molar-refractivity contribution in [1.82, 2.24) is 0 Å². The highest BCUT2D eigenvalue weighted by Gasteiger charge is 2.37. The normalized spacial score (nSPS) is 20.6. The summed E-state index contributed by atoms with van der Waals surface area (Å²) in [5.74, 6) is -0.287. The minimum atomic E-state index is -0.287. The fourth-order valence-electron chi connectivity index (χ4n) is 3.30. The number of carbonyl (C=O) groups is 1. The minimum Gasteiger partial charge on any atom is -0.370 e. The SMILES string of the molecule is CC1(C)CCC(C)(C)c2cc(C(N)CCC(N)=O)ccc21. The molecule has 0 saturated heterocycles. The van der Waals surface area contributed by atoms with Crippen LogP contribution in [0.25, 0.3) is 0 Å². The maximum Gasteiger partial charge on any atom is 0.217 e. The molecule has 116 valence electrons. The summed E-state index contributed by atoms with van der Waals surface area (Å²) in [6.45, 7) is 9.24. The Morgan fingerprint density at radius 3 is 2.29 bits per heavy atom. The van der Waals surface area contributed by atoms with Crippen molar-refractivity contribution in [2.45, 2.75) is 70.3 Å². The zero-order valence-electron chi connectivity index (χ0n) is 13.7. The maximum atomic E-state index is 10.9. The molecule has 0 saturated carbocycles. The van der Waals surface area contributed by atoms with Crippen molar-refractivity contribution in [3.05, 3.63) is 34.9 Å². The molecule has 1 amide bonds. The van der Waals surface area contributed by atoms with Crippen molar-refractivity contribution in [1.29, 1.82) is 0 Å². The molecule has 4 N–H and O–H groups in total. The number of fused-ring (bicyclic) bond motifs is 1. The van der Waals surface area contributed by atoms with Gasteiger partial charge in [0.25, 0.3) is 0 Å². The Morgan fingerprint density at radius 1 is 1.14 bits per heavy atom. The first-order chi connectivity index (χ1) is 9.63. The van der Waals surface area contributed by atoms with E-state index in [4.69, 9.17) is 11.5 Å². The van der Waals surface area contributed by atoms with Gasteiger partial charge in [-0.2, -0.15) is 0 Å². The van der Waals surface area contributed by atoms with Crippen LogP contribution < -0.4 is 11.5 Å². The van der Waals surface area contributed by atoms with Gasteiger partial charge in [0.15, 0.2) is 0 Å². The van der Waals surface area contributed by atoms with Gasteiger partial charge in [0.1, 0.15) is 0 Å². The number of amides is 1. The quantitative estimate of drug-likeness (QED) is 0.892. The molecule has 21 heavy (non-hydrogen) atoms. The fraction of sp³-hybridized carbons (Fsp3) is 0.611. The summed E-state index contributed by atoms with van der Waals surface area (Å²) in [5.41, 5.74) is 15.8. The highest BCUT2D eigenvalue weighted by Crippen LogP contribution is 2.46. The Morgan fingerprint density at radius 2 is 1.71 bits per heavy atom. The van der Waals surface area contributed by atoms with Crippen LogP contribution in [-0.2, 0) is 15.6 Å². The molecule has 0 bridgehead atoms. The van der Waals surface area contributed by atoms with E-state index < -0.39 is 0 Å². The smallest absolute Gasteiger partial charge is 0.217 e. The second-order valence-corrected chi connectivity index (χ2v) is 7.68. The van der Waals surface area contributed by atoms with E-state index in [1.807, 2.05) is 0 Å². The van der Waals surface area contributed by atoms with E-state index in [2.05, 4.69) is 45.9 Å². The fourth-order valence-corrected chi connectivity index (χ4v) is 3.30.